The Bertz CT molecular complexity index is 391. The highest BCUT2D eigenvalue weighted by Gasteiger charge is 2.04. The number of nitrogens with one attached hydrogen (secondary N) is 2. The van der Waals surface area contributed by atoms with Crippen molar-refractivity contribution in [2.24, 2.45) is 0 Å². The van der Waals surface area contributed by atoms with Crippen LogP contribution in [0.2, 0.25) is 0 Å². The molecule has 2 aromatic rings. The van der Waals surface area contributed by atoms with Gasteiger partial charge in [-0.25, -0.2) is 4.98 Å². The van der Waals surface area contributed by atoms with Gasteiger partial charge in [0, 0.05) is 11.9 Å². The third-order valence-corrected chi connectivity index (χ3v) is 2.47. The Morgan fingerprint density at radius 3 is 3.00 bits per heavy atom. The van der Waals surface area contributed by atoms with Crippen molar-refractivity contribution in [1.82, 2.24) is 9.97 Å². The van der Waals surface area contributed by atoms with Gasteiger partial charge in [0.25, 0.3) is 0 Å². The number of anilines is 1. The maximum Gasteiger partial charge on any atom is 0.201 e. The minimum Gasteiger partial charge on any atom is -0.352 e. The molecule has 0 bridgehead atoms. The molecule has 0 aliphatic carbocycles. The molecule has 0 aliphatic heterocycles. The summed E-state index contributed by atoms with van der Waals surface area (Å²) in [5, 5.41) is 3.18. The van der Waals surface area contributed by atoms with E-state index in [0.29, 0.717) is 5.88 Å². The summed E-state index contributed by atoms with van der Waals surface area (Å²) in [7, 11) is 0. The second-order valence-electron chi connectivity index (χ2n) is 3.30. The second-order valence-corrected chi connectivity index (χ2v) is 3.61. The lowest BCUT2D eigenvalue weighted by Gasteiger charge is -2.07. The molecule has 4 heteroatoms. The molecule has 3 nitrogen and oxygen atoms in total. The lowest BCUT2D eigenvalue weighted by molar-refractivity contribution is 0.891. The van der Waals surface area contributed by atoms with Crippen molar-refractivity contribution in [2.45, 2.75) is 13.0 Å². The van der Waals surface area contributed by atoms with E-state index in [4.69, 9.17) is 11.6 Å². The van der Waals surface area contributed by atoms with Crippen LogP contribution in [0.1, 0.15) is 6.92 Å². The van der Waals surface area contributed by atoms with Crippen molar-refractivity contribution in [3.05, 3.63) is 24.3 Å². The van der Waals surface area contributed by atoms with Crippen LogP contribution in [0.4, 0.5) is 5.95 Å². The largest absolute Gasteiger partial charge is 0.352 e. The van der Waals surface area contributed by atoms with Crippen molar-refractivity contribution in [2.75, 3.05) is 11.2 Å². The van der Waals surface area contributed by atoms with E-state index in [1.807, 2.05) is 31.2 Å². The summed E-state index contributed by atoms with van der Waals surface area (Å²) in [4.78, 5) is 7.56. The molecule has 0 radical (unpaired) electrons. The van der Waals surface area contributed by atoms with Gasteiger partial charge >= 0.3 is 0 Å². The van der Waals surface area contributed by atoms with Crippen LogP contribution in [0.3, 0.4) is 0 Å². The Labute approximate surface area is 87.5 Å². The Morgan fingerprint density at radius 1 is 1.50 bits per heavy atom. The zero-order valence-corrected chi connectivity index (χ0v) is 8.67. The Balaban J connectivity index is 2.27. The summed E-state index contributed by atoms with van der Waals surface area (Å²) < 4.78 is 0. The Hall–Kier alpha value is -1.22. The van der Waals surface area contributed by atoms with Gasteiger partial charge in [0.05, 0.1) is 11.0 Å². The van der Waals surface area contributed by atoms with Crippen LogP contribution in [0.25, 0.3) is 11.0 Å². The summed E-state index contributed by atoms with van der Waals surface area (Å²) in [6.07, 6.45) is 0. The van der Waals surface area contributed by atoms with Gasteiger partial charge < -0.3 is 10.3 Å². The average molecular weight is 210 g/mol. The van der Waals surface area contributed by atoms with Crippen molar-refractivity contribution in [3.63, 3.8) is 0 Å². The molecule has 74 valence electrons. The molecular weight excluding hydrogens is 198 g/mol. The first kappa shape index (κ1) is 9.34. The molecule has 0 aliphatic rings. The van der Waals surface area contributed by atoms with Gasteiger partial charge in [-0.1, -0.05) is 12.1 Å². The van der Waals surface area contributed by atoms with Gasteiger partial charge in [0.1, 0.15) is 0 Å². The minimum absolute atomic E-state index is 0.220. The predicted molar refractivity (Wildman–Crippen MR) is 59.9 cm³/mol. The fraction of sp³-hybridized carbons (Fsp3) is 0.300. The van der Waals surface area contributed by atoms with Crippen LogP contribution in [0.5, 0.6) is 0 Å². The fourth-order valence-corrected chi connectivity index (χ4v) is 1.37. The van der Waals surface area contributed by atoms with E-state index in [1.54, 1.807) is 0 Å². The zero-order chi connectivity index (χ0) is 9.97. The molecule has 2 rings (SSSR count). The van der Waals surface area contributed by atoms with E-state index in [-0.39, 0.29) is 6.04 Å². The highest BCUT2D eigenvalue weighted by molar-refractivity contribution is 6.18. The van der Waals surface area contributed by atoms with Crippen molar-refractivity contribution in [3.8, 4) is 0 Å². The number of para-hydroxylation sites is 2. The van der Waals surface area contributed by atoms with Crippen molar-refractivity contribution >= 4 is 28.6 Å². The number of alkyl halides is 1. The number of benzene rings is 1. The van der Waals surface area contributed by atoms with Crippen LogP contribution >= 0.6 is 11.6 Å². The smallest absolute Gasteiger partial charge is 0.201 e. The fourth-order valence-electron chi connectivity index (χ4n) is 1.29. The monoisotopic (exact) mass is 209 g/mol. The van der Waals surface area contributed by atoms with Gasteiger partial charge in [-0.15, -0.1) is 11.6 Å². The molecule has 0 saturated heterocycles. The maximum absolute atomic E-state index is 5.70. The molecule has 1 atom stereocenters. The second kappa shape index (κ2) is 3.88. The van der Waals surface area contributed by atoms with Gasteiger partial charge in [0.15, 0.2) is 0 Å². The van der Waals surface area contributed by atoms with Crippen LogP contribution in [0, 0.1) is 0 Å². The summed E-state index contributed by atoms with van der Waals surface area (Å²) in [6.45, 7) is 2.01. The summed E-state index contributed by atoms with van der Waals surface area (Å²) >= 11 is 5.70. The molecule has 0 saturated carbocycles. The lowest BCUT2D eigenvalue weighted by Crippen LogP contribution is -2.17. The third-order valence-electron chi connectivity index (χ3n) is 2.00. The normalized spacial score (nSPS) is 13.0. The number of rotatable bonds is 3. The quantitative estimate of drug-likeness (QED) is 0.763. The first-order chi connectivity index (χ1) is 6.79. The van der Waals surface area contributed by atoms with E-state index in [1.165, 1.54) is 0 Å². The number of hydrogen-bond donors (Lipinski definition) is 2. The average Bonchev–Trinajstić information content (AvgIpc) is 2.59. The molecule has 14 heavy (non-hydrogen) atoms. The number of halogens is 1. The molecule has 0 fully saturated rings. The van der Waals surface area contributed by atoms with Crippen LogP contribution in [-0.2, 0) is 0 Å². The van der Waals surface area contributed by atoms with Crippen LogP contribution < -0.4 is 5.32 Å². The number of aromatic amines is 1. The van der Waals surface area contributed by atoms with E-state index < -0.39 is 0 Å². The number of imidazole rings is 1. The molecule has 1 unspecified atom stereocenters. The number of fused-ring (bicyclic) bond motifs is 1. The van der Waals surface area contributed by atoms with E-state index in [2.05, 4.69) is 15.3 Å². The molecule has 0 spiro atoms. The number of nitrogens with zero attached hydrogens (tertiary/aromatic N) is 1. The van der Waals surface area contributed by atoms with Crippen LogP contribution in [-0.4, -0.2) is 21.9 Å². The van der Waals surface area contributed by atoms with Crippen molar-refractivity contribution < 1.29 is 0 Å². The molecule has 0 amide bonds. The highest BCUT2D eigenvalue weighted by Crippen LogP contribution is 2.13. The predicted octanol–water partition coefficient (Wildman–Crippen LogP) is 2.60. The molecule has 1 heterocycles. The van der Waals surface area contributed by atoms with Crippen molar-refractivity contribution in [1.29, 1.82) is 0 Å². The lowest BCUT2D eigenvalue weighted by atomic mass is 10.3. The Morgan fingerprint density at radius 2 is 2.29 bits per heavy atom. The SMILES string of the molecule is CC(CCl)Nc1nc2ccccc2[nH]1. The maximum atomic E-state index is 5.70. The number of hydrogen-bond acceptors (Lipinski definition) is 2. The number of H-pyrrole nitrogens is 1. The van der Waals surface area contributed by atoms with Gasteiger partial charge in [-0.05, 0) is 19.1 Å². The Kier molecular flexibility index (Phi) is 2.59. The number of aromatic nitrogens is 2. The highest BCUT2D eigenvalue weighted by atomic mass is 35.5. The minimum atomic E-state index is 0.220. The first-order valence-electron chi connectivity index (χ1n) is 4.57. The first-order valence-corrected chi connectivity index (χ1v) is 5.10. The van der Waals surface area contributed by atoms with Gasteiger partial charge in [0.2, 0.25) is 5.95 Å². The standard InChI is InChI=1S/C10H12ClN3/c1-7(6-11)12-10-13-8-4-2-3-5-9(8)14-10/h2-5,7H,6H2,1H3,(H2,12,13,14). The third kappa shape index (κ3) is 1.82. The topological polar surface area (TPSA) is 40.7 Å². The molecule has 2 N–H and O–H groups in total. The van der Waals surface area contributed by atoms with Gasteiger partial charge in [-0.2, -0.15) is 0 Å². The molecule has 1 aromatic heterocycles. The molecular formula is C10H12ClN3. The van der Waals surface area contributed by atoms with E-state index in [0.717, 1.165) is 17.0 Å². The molecule has 1 aromatic carbocycles. The van der Waals surface area contributed by atoms with E-state index in [9.17, 15) is 0 Å². The summed E-state index contributed by atoms with van der Waals surface area (Å²) in [5.74, 6) is 1.34. The summed E-state index contributed by atoms with van der Waals surface area (Å²) in [5.41, 5.74) is 2.01. The zero-order valence-electron chi connectivity index (χ0n) is 7.92. The van der Waals surface area contributed by atoms with Gasteiger partial charge in [-0.3, -0.25) is 0 Å². The van der Waals surface area contributed by atoms with E-state index >= 15 is 0 Å². The summed E-state index contributed by atoms with van der Waals surface area (Å²) in [6, 6.07) is 8.14. The van der Waals surface area contributed by atoms with Crippen LogP contribution in [0.15, 0.2) is 24.3 Å².